The van der Waals surface area contributed by atoms with Gasteiger partial charge in [0.05, 0.1) is 11.0 Å². The van der Waals surface area contributed by atoms with E-state index >= 15 is 0 Å². The molecule has 1 aliphatic heterocycles. The smallest absolute Gasteiger partial charge is 0.114 e. The molecule has 0 bridgehead atoms. The normalized spacial score (nSPS) is 20.8. The predicted octanol–water partition coefficient (Wildman–Crippen LogP) is 2.40. The van der Waals surface area contributed by atoms with Crippen molar-refractivity contribution in [2.75, 3.05) is 13.1 Å². The number of nitrogens with zero attached hydrogens (tertiary/aromatic N) is 2. The van der Waals surface area contributed by atoms with E-state index in [0.29, 0.717) is 5.92 Å². The molecular weight excluding hydrogens is 222 g/mol. The average molecular weight is 236 g/mol. The molecule has 1 aromatic carbocycles. The van der Waals surface area contributed by atoms with Crippen LogP contribution in [0.1, 0.15) is 18.7 Å². The number of fused-ring (bicyclic) bond motifs is 3. The molecule has 84 valence electrons. The fourth-order valence-corrected chi connectivity index (χ4v) is 2.50. The van der Waals surface area contributed by atoms with Crippen LogP contribution < -0.4 is 5.32 Å². The lowest BCUT2D eigenvalue weighted by molar-refractivity contribution is 0.634. The molecule has 3 nitrogen and oxygen atoms in total. The molecule has 1 aromatic heterocycles. The van der Waals surface area contributed by atoms with Gasteiger partial charge in [0.2, 0.25) is 0 Å². The van der Waals surface area contributed by atoms with Crippen LogP contribution in [0.4, 0.5) is 0 Å². The third kappa shape index (κ3) is 1.51. The standard InChI is InChI=1S/C12H14ClN3/c1-8-7-14-4-5-16-11-3-2-9(13)6-10(11)15-12(8)16/h2-3,6,8,14H,4-5,7H2,1H3. The largest absolute Gasteiger partial charge is 0.326 e. The Morgan fingerprint density at radius 3 is 3.25 bits per heavy atom. The van der Waals surface area contributed by atoms with Crippen LogP contribution in [0, 0.1) is 0 Å². The van der Waals surface area contributed by atoms with Crippen LogP contribution in [0.5, 0.6) is 0 Å². The van der Waals surface area contributed by atoms with Gasteiger partial charge in [-0.3, -0.25) is 0 Å². The number of nitrogens with one attached hydrogen (secondary N) is 1. The lowest BCUT2D eigenvalue weighted by Crippen LogP contribution is -2.19. The fourth-order valence-electron chi connectivity index (χ4n) is 2.33. The Hall–Kier alpha value is -1.06. The maximum atomic E-state index is 5.99. The van der Waals surface area contributed by atoms with Gasteiger partial charge in [-0.05, 0) is 18.2 Å². The maximum absolute atomic E-state index is 5.99. The summed E-state index contributed by atoms with van der Waals surface area (Å²) in [5.41, 5.74) is 2.20. The van der Waals surface area contributed by atoms with Crippen LogP contribution in [0.2, 0.25) is 5.02 Å². The molecule has 2 aromatic rings. The van der Waals surface area contributed by atoms with E-state index in [1.54, 1.807) is 0 Å². The van der Waals surface area contributed by atoms with Crippen LogP contribution >= 0.6 is 11.6 Å². The highest BCUT2D eigenvalue weighted by Crippen LogP contribution is 2.25. The quantitative estimate of drug-likeness (QED) is 0.760. The molecule has 0 saturated carbocycles. The van der Waals surface area contributed by atoms with Crippen molar-refractivity contribution in [1.82, 2.24) is 14.9 Å². The Morgan fingerprint density at radius 1 is 1.50 bits per heavy atom. The Bertz CT molecular complexity index is 532. The van der Waals surface area contributed by atoms with Crippen molar-refractivity contribution in [2.45, 2.75) is 19.4 Å². The second kappa shape index (κ2) is 3.75. The van der Waals surface area contributed by atoms with Crippen molar-refractivity contribution in [3.05, 3.63) is 29.0 Å². The molecule has 1 atom stereocenters. The van der Waals surface area contributed by atoms with E-state index in [-0.39, 0.29) is 0 Å². The number of benzene rings is 1. The molecule has 2 heterocycles. The Balaban J connectivity index is 2.25. The first-order valence-electron chi connectivity index (χ1n) is 5.62. The summed E-state index contributed by atoms with van der Waals surface area (Å²) in [6.45, 7) is 5.19. The first-order valence-corrected chi connectivity index (χ1v) is 6.00. The molecule has 0 saturated heterocycles. The molecule has 0 radical (unpaired) electrons. The second-order valence-electron chi connectivity index (χ2n) is 4.36. The van der Waals surface area contributed by atoms with Crippen LogP contribution in [0.3, 0.4) is 0 Å². The molecule has 0 amide bonds. The summed E-state index contributed by atoms with van der Waals surface area (Å²) in [5.74, 6) is 1.62. The summed E-state index contributed by atoms with van der Waals surface area (Å²) in [5, 5.41) is 4.18. The van der Waals surface area contributed by atoms with Gasteiger partial charge >= 0.3 is 0 Å². The lowest BCUT2D eigenvalue weighted by Gasteiger charge is -2.07. The third-order valence-corrected chi connectivity index (χ3v) is 3.38. The number of hydrogen-bond acceptors (Lipinski definition) is 2. The van der Waals surface area contributed by atoms with Gasteiger partial charge in [-0.25, -0.2) is 4.98 Å². The number of halogens is 1. The van der Waals surface area contributed by atoms with Crippen LogP contribution in [-0.4, -0.2) is 22.6 Å². The maximum Gasteiger partial charge on any atom is 0.114 e. The van der Waals surface area contributed by atoms with Crippen molar-refractivity contribution >= 4 is 22.6 Å². The summed E-state index contributed by atoms with van der Waals surface area (Å²) >= 11 is 5.99. The fraction of sp³-hybridized carbons (Fsp3) is 0.417. The molecule has 1 aliphatic rings. The first-order chi connectivity index (χ1) is 7.75. The molecule has 0 aliphatic carbocycles. The van der Waals surface area contributed by atoms with Gasteiger partial charge in [-0.15, -0.1) is 0 Å². The minimum Gasteiger partial charge on any atom is -0.326 e. The van der Waals surface area contributed by atoms with Gasteiger partial charge in [0, 0.05) is 30.6 Å². The third-order valence-electron chi connectivity index (χ3n) is 3.14. The van der Waals surface area contributed by atoms with Crippen molar-refractivity contribution in [2.24, 2.45) is 0 Å². The second-order valence-corrected chi connectivity index (χ2v) is 4.80. The highest BCUT2D eigenvalue weighted by molar-refractivity contribution is 6.31. The molecular formula is C12H14ClN3. The predicted molar refractivity (Wildman–Crippen MR) is 66.0 cm³/mol. The van der Waals surface area contributed by atoms with E-state index in [1.807, 2.05) is 12.1 Å². The summed E-state index contributed by atoms with van der Waals surface area (Å²) in [7, 11) is 0. The summed E-state index contributed by atoms with van der Waals surface area (Å²) < 4.78 is 2.30. The zero-order chi connectivity index (χ0) is 11.1. The monoisotopic (exact) mass is 235 g/mol. The van der Waals surface area contributed by atoms with Gasteiger partial charge in [-0.1, -0.05) is 18.5 Å². The average Bonchev–Trinajstić information content (AvgIpc) is 2.52. The van der Waals surface area contributed by atoms with Gasteiger partial charge in [0.1, 0.15) is 5.82 Å². The zero-order valence-corrected chi connectivity index (χ0v) is 9.96. The van der Waals surface area contributed by atoms with Gasteiger partial charge < -0.3 is 9.88 Å². The lowest BCUT2D eigenvalue weighted by atomic mass is 10.2. The van der Waals surface area contributed by atoms with E-state index in [4.69, 9.17) is 16.6 Å². The summed E-state index contributed by atoms with van der Waals surface area (Å²) in [6, 6.07) is 5.94. The van der Waals surface area contributed by atoms with E-state index < -0.39 is 0 Å². The molecule has 1 unspecified atom stereocenters. The number of imidazole rings is 1. The topological polar surface area (TPSA) is 29.9 Å². The number of hydrogen-bond donors (Lipinski definition) is 1. The molecule has 0 spiro atoms. The minimum absolute atomic E-state index is 0.452. The van der Waals surface area contributed by atoms with Gasteiger partial charge in [0.25, 0.3) is 0 Å². The van der Waals surface area contributed by atoms with Crippen LogP contribution in [0.15, 0.2) is 18.2 Å². The van der Waals surface area contributed by atoms with Crippen molar-refractivity contribution in [1.29, 1.82) is 0 Å². The SMILES string of the molecule is CC1CNCCn2c1nc1cc(Cl)ccc12. The van der Waals surface area contributed by atoms with Crippen molar-refractivity contribution in [3.8, 4) is 0 Å². The van der Waals surface area contributed by atoms with Crippen LogP contribution in [0.25, 0.3) is 11.0 Å². The summed E-state index contributed by atoms with van der Waals surface area (Å²) in [6.07, 6.45) is 0. The Labute approximate surface area is 99.4 Å². The van der Waals surface area contributed by atoms with E-state index in [1.165, 1.54) is 11.3 Å². The molecule has 3 rings (SSSR count). The van der Waals surface area contributed by atoms with Crippen molar-refractivity contribution in [3.63, 3.8) is 0 Å². The highest BCUT2D eigenvalue weighted by atomic mass is 35.5. The van der Waals surface area contributed by atoms with Crippen molar-refractivity contribution < 1.29 is 0 Å². The number of aromatic nitrogens is 2. The van der Waals surface area contributed by atoms with E-state index in [9.17, 15) is 0 Å². The molecule has 16 heavy (non-hydrogen) atoms. The highest BCUT2D eigenvalue weighted by Gasteiger charge is 2.18. The molecule has 0 fully saturated rings. The van der Waals surface area contributed by atoms with Gasteiger partial charge in [-0.2, -0.15) is 0 Å². The number of rotatable bonds is 0. The Morgan fingerprint density at radius 2 is 2.38 bits per heavy atom. The molecule has 4 heteroatoms. The molecule has 1 N–H and O–H groups in total. The van der Waals surface area contributed by atoms with E-state index in [2.05, 4.69) is 22.9 Å². The van der Waals surface area contributed by atoms with Gasteiger partial charge in [0.15, 0.2) is 0 Å². The minimum atomic E-state index is 0.452. The van der Waals surface area contributed by atoms with Crippen LogP contribution in [-0.2, 0) is 6.54 Å². The Kier molecular flexibility index (Phi) is 2.37. The first kappa shape index (κ1) is 10.1. The summed E-state index contributed by atoms with van der Waals surface area (Å²) in [4.78, 5) is 4.69. The zero-order valence-electron chi connectivity index (χ0n) is 9.20. The van der Waals surface area contributed by atoms with E-state index in [0.717, 1.165) is 30.2 Å².